The number of carbonyl (C=O) groups is 3. The highest BCUT2D eigenvalue weighted by atomic mass is 16.5. The van der Waals surface area contributed by atoms with Crippen LogP contribution in [0.3, 0.4) is 0 Å². The first-order valence-corrected chi connectivity index (χ1v) is 9.81. The van der Waals surface area contributed by atoms with Gasteiger partial charge >= 0.3 is 5.97 Å². The fourth-order valence-electron chi connectivity index (χ4n) is 3.74. The third-order valence-electron chi connectivity index (χ3n) is 5.47. The summed E-state index contributed by atoms with van der Waals surface area (Å²) >= 11 is 0. The molecule has 0 bridgehead atoms. The van der Waals surface area contributed by atoms with Gasteiger partial charge in [0.15, 0.2) is 0 Å². The van der Waals surface area contributed by atoms with Crippen molar-refractivity contribution >= 4 is 29.2 Å². The van der Waals surface area contributed by atoms with Crippen LogP contribution in [0.2, 0.25) is 0 Å². The molecule has 1 N–H and O–H groups in total. The van der Waals surface area contributed by atoms with Crippen molar-refractivity contribution in [3.8, 4) is 0 Å². The molecule has 1 saturated carbocycles. The molecule has 2 amide bonds. The topological polar surface area (TPSA) is 75.7 Å². The van der Waals surface area contributed by atoms with Crippen LogP contribution in [-0.4, -0.2) is 31.9 Å². The van der Waals surface area contributed by atoms with Crippen molar-refractivity contribution in [3.63, 3.8) is 0 Å². The fourth-order valence-corrected chi connectivity index (χ4v) is 3.74. The van der Waals surface area contributed by atoms with Gasteiger partial charge in [0, 0.05) is 30.3 Å². The zero-order valence-electron chi connectivity index (χ0n) is 16.8. The van der Waals surface area contributed by atoms with Crippen LogP contribution in [0.15, 0.2) is 54.6 Å². The summed E-state index contributed by atoms with van der Waals surface area (Å²) < 4.78 is 4.71. The molecule has 0 radical (unpaired) electrons. The molecule has 152 valence electrons. The van der Waals surface area contributed by atoms with Gasteiger partial charge in [-0.3, -0.25) is 9.59 Å². The maximum Gasteiger partial charge on any atom is 0.337 e. The molecule has 1 aliphatic carbocycles. The number of methoxy groups -OCH3 is 1. The normalized spacial score (nSPS) is 18.6. The Morgan fingerprint density at radius 1 is 0.931 bits per heavy atom. The van der Waals surface area contributed by atoms with E-state index in [9.17, 15) is 14.4 Å². The number of benzene rings is 2. The lowest BCUT2D eigenvalue weighted by molar-refractivity contribution is -0.126. The van der Waals surface area contributed by atoms with Gasteiger partial charge in [-0.25, -0.2) is 4.79 Å². The number of nitrogens with zero attached hydrogens (tertiary/aromatic N) is 1. The summed E-state index contributed by atoms with van der Waals surface area (Å²) in [5.41, 5.74) is 1.84. The number of ether oxygens (including phenoxy) is 1. The molecule has 6 nitrogen and oxygen atoms in total. The molecule has 0 aliphatic heterocycles. The van der Waals surface area contributed by atoms with Gasteiger partial charge in [0.05, 0.1) is 12.7 Å². The lowest BCUT2D eigenvalue weighted by Gasteiger charge is -2.30. The quantitative estimate of drug-likeness (QED) is 0.781. The summed E-state index contributed by atoms with van der Waals surface area (Å²) in [4.78, 5) is 38.7. The Balaban J connectivity index is 1.54. The SMILES string of the molecule is COC(=O)c1cccc(NC(=O)C2CCC(C(=O)N(C)c3ccccc3)CC2)c1. The van der Waals surface area contributed by atoms with Crippen LogP contribution in [-0.2, 0) is 14.3 Å². The van der Waals surface area contributed by atoms with Gasteiger partial charge in [-0.1, -0.05) is 24.3 Å². The Morgan fingerprint density at radius 2 is 1.59 bits per heavy atom. The first-order chi connectivity index (χ1) is 14.0. The monoisotopic (exact) mass is 394 g/mol. The van der Waals surface area contributed by atoms with Crippen molar-refractivity contribution in [2.24, 2.45) is 11.8 Å². The number of nitrogens with one attached hydrogen (secondary N) is 1. The highest BCUT2D eigenvalue weighted by Crippen LogP contribution is 2.31. The summed E-state index contributed by atoms with van der Waals surface area (Å²) in [6, 6.07) is 16.3. The molecule has 0 heterocycles. The van der Waals surface area contributed by atoms with Crippen molar-refractivity contribution in [2.45, 2.75) is 25.7 Å². The third-order valence-corrected chi connectivity index (χ3v) is 5.47. The first-order valence-electron chi connectivity index (χ1n) is 9.81. The highest BCUT2D eigenvalue weighted by Gasteiger charge is 2.31. The molecular weight excluding hydrogens is 368 g/mol. The Bertz CT molecular complexity index is 873. The molecule has 0 aromatic heterocycles. The minimum Gasteiger partial charge on any atom is -0.465 e. The van der Waals surface area contributed by atoms with Gasteiger partial charge in [0.1, 0.15) is 0 Å². The summed E-state index contributed by atoms with van der Waals surface area (Å²) in [5.74, 6) is -0.618. The maximum absolute atomic E-state index is 12.8. The van der Waals surface area contributed by atoms with Gasteiger partial charge in [-0.2, -0.15) is 0 Å². The van der Waals surface area contributed by atoms with Crippen LogP contribution < -0.4 is 10.2 Å². The smallest absolute Gasteiger partial charge is 0.337 e. The number of hydrogen-bond donors (Lipinski definition) is 1. The zero-order chi connectivity index (χ0) is 20.8. The lowest BCUT2D eigenvalue weighted by atomic mass is 9.81. The number of para-hydroxylation sites is 1. The second kappa shape index (κ2) is 9.37. The summed E-state index contributed by atoms with van der Waals surface area (Å²) in [7, 11) is 3.12. The molecule has 29 heavy (non-hydrogen) atoms. The van der Waals surface area contributed by atoms with E-state index >= 15 is 0 Å². The van der Waals surface area contributed by atoms with Crippen LogP contribution in [0.1, 0.15) is 36.0 Å². The van der Waals surface area contributed by atoms with Crippen LogP contribution in [0.5, 0.6) is 0 Å². The van der Waals surface area contributed by atoms with E-state index in [1.165, 1.54) is 7.11 Å². The van der Waals surface area contributed by atoms with E-state index in [1.807, 2.05) is 30.3 Å². The standard InChI is InChI=1S/C23H26N2O4/c1-25(20-9-4-3-5-10-20)22(27)17-13-11-16(12-14-17)21(26)24-19-8-6-7-18(15-19)23(28)29-2/h3-10,15-17H,11-14H2,1-2H3,(H,24,26). The van der Waals surface area contributed by atoms with Gasteiger partial charge in [-0.05, 0) is 56.0 Å². The van der Waals surface area contributed by atoms with Crippen molar-refractivity contribution in [3.05, 3.63) is 60.2 Å². The molecule has 0 saturated heterocycles. The van der Waals surface area contributed by atoms with Crippen LogP contribution in [0.25, 0.3) is 0 Å². The molecule has 2 aromatic rings. The van der Waals surface area contributed by atoms with E-state index in [1.54, 1.807) is 36.2 Å². The predicted molar refractivity (Wildman–Crippen MR) is 112 cm³/mol. The summed E-state index contributed by atoms with van der Waals surface area (Å²) in [6.45, 7) is 0. The van der Waals surface area contributed by atoms with E-state index in [0.29, 0.717) is 36.9 Å². The van der Waals surface area contributed by atoms with Crippen molar-refractivity contribution in [1.29, 1.82) is 0 Å². The van der Waals surface area contributed by atoms with Gasteiger partial charge < -0.3 is 15.0 Å². The lowest BCUT2D eigenvalue weighted by Crippen LogP contribution is -2.36. The van der Waals surface area contributed by atoms with Crippen molar-refractivity contribution < 1.29 is 19.1 Å². The van der Waals surface area contributed by atoms with Crippen LogP contribution in [0.4, 0.5) is 11.4 Å². The Hall–Kier alpha value is -3.15. The van der Waals surface area contributed by atoms with Crippen molar-refractivity contribution in [2.75, 3.05) is 24.4 Å². The van der Waals surface area contributed by atoms with Crippen molar-refractivity contribution in [1.82, 2.24) is 0 Å². The Kier molecular flexibility index (Phi) is 6.65. The zero-order valence-corrected chi connectivity index (χ0v) is 16.8. The average molecular weight is 394 g/mol. The number of hydrogen-bond acceptors (Lipinski definition) is 4. The molecule has 1 aliphatic rings. The molecule has 1 fully saturated rings. The number of carbonyl (C=O) groups excluding carboxylic acids is 3. The molecule has 0 spiro atoms. The van der Waals surface area contributed by atoms with Gasteiger partial charge in [-0.15, -0.1) is 0 Å². The van der Waals surface area contributed by atoms with E-state index in [4.69, 9.17) is 4.74 Å². The van der Waals surface area contributed by atoms with Crippen LogP contribution in [0, 0.1) is 11.8 Å². The molecule has 0 atom stereocenters. The second-order valence-corrected chi connectivity index (χ2v) is 7.34. The molecule has 0 unspecified atom stereocenters. The molecule has 3 rings (SSSR count). The number of esters is 1. The minimum atomic E-state index is -0.442. The largest absolute Gasteiger partial charge is 0.465 e. The highest BCUT2D eigenvalue weighted by molar-refractivity contribution is 5.96. The van der Waals surface area contributed by atoms with E-state index < -0.39 is 5.97 Å². The average Bonchev–Trinajstić information content (AvgIpc) is 2.78. The summed E-state index contributed by atoms with van der Waals surface area (Å²) in [6.07, 6.45) is 2.72. The third kappa shape index (κ3) is 5.02. The number of amides is 2. The minimum absolute atomic E-state index is 0.0630. The molecule has 2 aromatic carbocycles. The first kappa shape index (κ1) is 20.6. The predicted octanol–water partition coefficient (Wildman–Crippen LogP) is 3.88. The Morgan fingerprint density at radius 3 is 2.24 bits per heavy atom. The van der Waals surface area contributed by atoms with Gasteiger partial charge in [0.25, 0.3) is 0 Å². The van der Waals surface area contributed by atoms with Crippen LogP contribution >= 0.6 is 0 Å². The van der Waals surface area contributed by atoms with E-state index in [0.717, 1.165) is 5.69 Å². The number of rotatable bonds is 5. The molecule has 6 heteroatoms. The van der Waals surface area contributed by atoms with Gasteiger partial charge in [0.2, 0.25) is 11.8 Å². The van der Waals surface area contributed by atoms with E-state index in [2.05, 4.69) is 5.32 Å². The second-order valence-electron chi connectivity index (χ2n) is 7.34. The fraction of sp³-hybridized carbons (Fsp3) is 0.348. The maximum atomic E-state index is 12.8. The molecular formula is C23H26N2O4. The number of anilines is 2. The summed E-state index contributed by atoms with van der Waals surface area (Å²) in [5, 5.41) is 2.88. The van der Waals surface area contributed by atoms with E-state index in [-0.39, 0.29) is 23.7 Å². The Labute approximate surface area is 170 Å².